The molecular formula is C12H21N3O2. The summed E-state index contributed by atoms with van der Waals surface area (Å²) >= 11 is 0. The van der Waals surface area contributed by atoms with E-state index in [1.54, 1.807) is 0 Å². The first-order valence-electron chi connectivity index (χ1n) is 5.85. The van der Waals surface area contributed by atoms with Crippen LogP contribution in [0.4, 0.5) is 0 Å². The lowest BCUT2D eigenvalue weighted by Gasteiger charge is -2.19. The minimum absolute atomic E-state index is 0.197. The molecule has 0 aliphatic heterocycles. The van der Waals surface area contributed by atoms with Crippen molar-refractivity contribution >= 4 is 5.97 Å². The number of hydrogen-bond acceptors (Lipinski definition) is 4. The van der Waals surface area contributed by atoms with Gasteiger partial charge in [0, 0.05) is 13.6 Å². The molecule has 0 saturated carbocycles. The van der Waals surface area contributed by atoms with Gasteiger partial charge in [-0.25, -0.2) is 0 Å². The second-order valence-electron chi connectivity index (χ2n) is 4.19. The fourth-order valence-corrected chi connectivity index (χ4v) is 1.82. The number of ether oxygens (including phenoxy) is 1. The van der Waals surface area contributed by atoms with Crippen LogP contribution in [-0.2, 0) is 23.1 Å². The lowest BCUT2D eigenvalue weighted by atomic mass is 10.3. The third-order valence-electron chi connectivity index (χ3n) is 2.60. The monoisotopic (exact) mass is 239 g/mol. The van der Waals surface area contributed by atoms with E-state index in [2.05, 4.69) is 16.9 Å². The molecule has 0 aromatic carbocycles. The van der Waals surface area contributed by atoms with Crippen LogP contribution in [0, 0.1) is 6.92 Å². The molecule has 0 N–H and O–H groups in total. The van der Waals surface area contributed by atoms with E-state index in [0.29, 0.717) is 6.54 Å². The lowest BCUT2D eigenvalue weighted by molar-refractivity contribution is -0.142. The quantitative estimate of drug-likeness (QED) is 0.698. The zero-order valence-corrected chi connectivity index (χ0v) is 11.1. The molecule has 0 fully saturated rings. The maximum atomic E-state index is 11.3. The molecule has 0 saturated heterocycles. The average molecular weight is 239 g/mol. The van der Waals surface area contributed by atoms with Crippen LogP contribution in [0.3, 0.4) is 0 Å². The van der Waals surface area contributed by atoms with Crippen molar-refractivity contribution in [3.05, 3.63) is 17.5 Å². The van der Waals surface area contributed by atoms with E-state index in [0.717, 1.165) is 30.9 Å². The zero-order chi connectivity index (χ0) is 12.8. The largest absolute Gasteiger partial charge is 0.468 e. The van der Waals surface area contributed by atoms with E-state index in [1.807, 2.05) is 24.7 Å². The first-order chi connectivity index (χ1) is 8.06. The van der Waals surface area contributed by atoms with Crippen LogP contribution in [0.2, 0.25) is 0 Å². The van der Waals surface area contributed by atoms with Crippen molar-refractivity contribution in [2.75, 3.05) is 20.2 Å². The number of methoxy groups -OCH3 is 1. The Labute approximate surface area is 102 Å². The summed E-state index contributed by atoms with van der Waals surface area (Å²) in [4.78, 5) is 13.4. The molecule has 0 aliphatic carbocycles. The molecule has 1 aromatic heterocycles. The standard InChI is InChI=1S/C12H21N3O2/c1-5-6-15(9-12(16)17-4)8-11-7-10(2)13-14(11)3/h7H,5-6,8-9H2,1-4H3. The SMILES string of the molecule is CCCN(CC(=O)OC)Cc1cc(C)nn1C. The van der Waals surface area contributed by atoms with Gasteiger partial charge < -0.3 is 4.74 Å². The van der Waals surface area contributed by atoms with Crippen molar-refractivity contribution in [2.45, 2.75) is 26.8 Å². The van der Waals surface area contributed by atoms with Gasteiger partial charge in [-0.3, -0.25) is 14.4 Å². The molecule has 0 atom stereocenters. The Morgan fingerprint density at radius 3 is 2.76 bits per heavy atom. The van der Waals surface area contributed by atoms with Gasteiger partial charge in [-0.05, 0) is 26.0 Å². The highest BCUT2D eigenvalue weighted by atomic mass is 16.5. The minimum Gasteiger partial charge on any atom is -0.468 e. The molecule has 1 aromatic rings. The second kappa shape index (κ2) is 6.39. The van der Waals surface area contributed by atoms with E-state index in [9.17, 15) is 4.79 Å². The van der Waals surface area contributed by atoms with Crippen molar-refractivity contribution in [3.63, 3.8) is 0 Å². The summed E-state index contributed by atoms with van der Waals surface area (Å²) in [5.41, 5.74) is 2.11. The number of carbonyl (C=O) groups is 1. The molecule has 0 unspecified atom stereocenters. The summed E-state index contributed by atoms with van der Waals surface area (Å²) in [6, 6.07) is 2.04. The van der Waals surface area contributed by atoms with Gasteiger partial charge in [0.15, 0.2) is 0 Å². The van der Waals surface area contributed by atoms with E-state index >= 15 is 0 Å². The van der Waals surface area contributed by atoms with Gasteiger partial charge in [0.1, 0.15) is 0 Å². The number of nitrogens with zero attached hydrogens (tertiary/aromatic N) is 3. The molecule has 0 spiro atoms. The highest BCUT2D eigenvalue weighted by Crippen LogP contribution is 2.07. The molecule has 96 valence electrons. The molecule has 5 nitrogen and oxygen atoms in total. The van der Waals surface area contributed by atoms with Gasteiger partial charge in [0.05, 0.1) is 25.0 Å². The Morgan fingerprint density at radius 2 is 2.29 bits per heavy atom. The smallest absolute Gasteiger partial charge is 0.319 e. The van der Waals surface area contributed by atoms with Gasteiger partial charge in [-0.15, -0.1) is 0 Å². The van der Waals surface area contributed by atoms with Crippen LogP contribution >= 0.6 is 0 Å². The van der Waals surface area contributed by atoms with Gasteiger partial charge >= 0.3 is 5.97 Å². The van der Waals surface area contributed by atoms with Crippen LogP contribution in [0.15, 0.2) is 6.07 Å². The molecule has 0 aliphatic rings. The Hall–Kier alpha value is -1.36. The van der Waals surface area contributed by atoms with Crippen LogP contribution in [0.1, 0.15) is 24.7 Å². The average Bonchev–Trinajstić information content (AvgIpc) is 2.57. The molecule has 1 heterocycles. The Kier molecular flexibility index (Phi) is 5.15. The number of hydrogen-bond donors (Lipinski definition) is 0. The molecular weight excluding hydrogens is 218 g/mol. The summed E-state index contributed by atoms with van der Waals surface area (Å²) in [6.07, 6.45) is 1.01. The summed E-state index contributed by atoms with van der Waals surface area (Å²) < 4.78 is 6.55. The summed E-state index contributed by atoms with van der Waals surface area (Å²) in [6.45, 7) is 5.99. The number of aromatic nitrogens is 2. The lowest BCUT2D eigenvalue weighted by Crippen LogP contribution is -2.31. The third-order valence-corrected chi connectivity index (χ3v) is 2.60. The number of rotatable bonds is 6. The van der Waals surface area contributed by atoms with Gasteiger partial charge in [-0.1, -0.05) is 6.92 Å². The fraction of sp³-hybridized carbons (Fsp3) is 0.667. The molecule has 1 rings (SSSR count). The van der Waals surface area contributed by atoms with Gasteiger partial charge in [0.25, 0.3) is 0 Å². The van der Waals surface area contributed by atoms with Crippen LogP contribution in [0.5, 0.6) is 0 Å². The molecule has 0 bridgehead atoms. The number of carbonyl (C=O) groups excluding carboxylic acids is 1. The topological polar surface area (TPSA) is 47.4 Å². The molecule has 5 heteroatoms. The van der Waals surface area contributed by atoms with E-state index < -0.39 is 0 Å². The van der Waals surface area contributed by atoms with Crippen molar-refractivity contribution in [2.24, 2.45) is 7.05 Å². The van der Waals surface area contributed by atoms with E-state index in [-0.39, 0.29) is 5.97 Å². The maximum absolute atomic E-state index is 11.3. The number of aryl methyl sites for hydroxylation is 2. The summed E-state index contributed by atoms with van der Waals surface area (Å²) in [5.74, 6) is -0.197. The van der Waals surface area contributed by atoms with Crippen molar-refractivity contribution in [3.8, 4) is 0 Å². The van der Waals surface area contributed by atoms with E-state index in [1.165, 1.54) is 7.11 Å². The zero-order valence-electron chi connectivity index (χ0n) is 11.1. The third kappa shape index (κ3) is 4.19. The Bertz CT molecular complexity index is 374. The van der Waals surface area contributed by atoms with Gasteiger partial charge in [-0.2, -0.15) is 5.10 Å². The predicted octanol–water partition coefficient (Wildman–Crippen LogP) is 1.11. The fourth-order valence-electron chi connectivity index (χ4n) is 1.82. The summed E-state index contributed by atoms with van der Waals surface area (Å²) in [7, 11) is 3.34. The minimum atomic E-state index is -0.197. The van der Waals surface area contributed by atoms with Crippen molar-refractivity contribution in [1.82, 2.24) is 14.7 Å². The highest BCUT2D eigenvalue weighted by molar-refractivity contribution is 5.71. The van der Waals surface area contributed by atoms with E-state index in [4.69, 9.17) is 4.74 Å². The van der Waals surface area contributed by atoms with Crippen molar-refractivity contribution in [1.29, 1.82) is 0 Å². The first-order valence-corrected chi connectivity index (χ1v) is 5.85. The maximum Gasteiger partial charge on any atom is 0.319 e. The van der Waals surface area contributed by atoms with Crippen molar-refractivity contribution < 1.29 is 9.53 Å². The number of esters is 1. The Morgan fingerprint density at radius 1 is 1.59 bits per heavy atom. The van der Waals surface area contributed by atoms with Crippen LogP contribution in [-0.4, -0.2) is 40.8 Å². The Balaban J connectivity index is 2.65. The molecule has 0 radical (unpaired) electrons. The summed E-state index contributed by atoms with van der Waals surface area (Å²) in [5, 5.41) is 4.30. The second-order valence-corrected chi connectivity index (χ2v) is 4.19. The normalized spacial score (nSPS) is 10.9. The first kappa shape index (κ1) is 13.7. The highest BCUT2D eigenvalue weighted by Gasteiger charge is 2.13. The molecule has 0 amide bonds. The predicted molar refractivity (Wildman–Crippen MR) is 65.5 cm³/mol. The van der Waals surface area contributed by atoms with Crippen LogP contribution in [0.25, 0.3) is 0 Å². The molecule has 17 heavy (non-hydrogen) atoms. The van der Waals surface area contributed by atoms with Gasteiger partial charge in [0.2, 0.25) is 0 Å². The van der Waals surface area contributed by atoms with Crippen LogP contribution < -0.4 is 0 Å².